The van der Waals surface area contributed by atoms with Gasteiger partial charge in [0, 0.05) is 19.5 Å². The summed E-state index contributed by atoms with van der Waals surface area (Å²) >= 11 is 0. The van der Waals surface area contributed by atoms with Crippen molar-refractivity contribution in [2.45, 2.75) is 88.1 Å². The van der Waals surface area contributed by atoms with Crippen molar-refractivity contribution >= 4 is 40.9 Å². The molecule has 0 saturated carbocycles. The molecule has 2 saturated heterocycles. The van der Waals surface area contributed by atoms with Crippen molar-refractivity contribution in [3.05, 3.63) is 138 Å². The van der Waals surface area contributed by atoms with Gasteiger partial charge in [0.2, 0.25) is 17.6 Å². The second-order valence-electron chi connectivity index (χ2n) is 15.9. The highest BCUT2D eigenvalue weighted by Crippen LogP contribution is 2.30. The van der Waals surface area contributed by atoms with Crippen LogP contribution in [-0.4, -0.2) is 95.0 Å². The number of hydrogen-bond donors (Lipinski definition) is 3. The van der Waals surface area contributed by atoms with Gasteiger partial charge in [-0.3, -0.25) is 14.4 Å². The van der Waals surface area contributed by atoms with Crippen LogP contribution in [0.3, 0.4) is 0 Å². The number of aromatic nitrogens is 1. The van der Waals surface area contributed by atoms with E-state index in [0.29, 0.717) is 55.9 Å². The molecule has 0 spiro atoms. The first-order chi connectivity index (χ1) is 30.2. The molecule has 4 amide bonds. The molecule has 2 aliphatic heterocycles. The van der Waals surface area contributed by atoms with Gasteiger partial charge in [0.25, 0.3) is 5.89 Å². The zero-order valence-electron chi connectivity index (χ0n) is 34.7. The van der Waals surface area contributed by atoms with E-state index in [1.54, 1.807) is 29.2 Å². The summed E-state index contributed by atoms with van der Waals surface area (Å²) in [5.74, 6) is -1.51. The Morgan fingerprint density at radius 3 is 2.13 bits per heavy atom. The number of piperidine rings is 1. The molecule has 1 aromatic heterocycles. The van der Waals surface area contributed by atoms with Crippen molar-refractivity contribution in [2.75, 3.05) is 26.2 Å². The first kappa shape index (κ1) is 43.5. The second kappa shape index (κ2) is 21.3. The first-order valence-electron chi connectivity index (χ1n) is 21.5. The number of Topliss-reactive ketones (excluding diaryl/α,β-unsaturated/α-hetero) is 1. The number of aryl methyl sites for hydroxylation is 1. The third kappa shape index (κ3) is 11.4. The highest BCUT2D eigenvalue weighted by atomic mass is 16.6. The van der Waals surface area contributed by atoms with Gasteiger partial charge < -0.3 is 40.1 Å². The maximum absolute atomic E-state index is 14.8. The number of alkyl carbamates (subject to hydrolysis) is 1. The van der Waals surface area contributed by atoms with E-state index in [1.807, 2.05) is 78.9 Å². The van der Waals surface area contributed by atoms with Gasteiger partial charge in [0.1, 0.15) is 30.3 Å². The SMILES string of the molecule is NCCCC[C@H](NC(=O)[C@@H]1C[C@@H](OC(=O)N2CCC(c3ccccc3)CC2)CN1C(=O)[C@@H](CCc1ccccc1)NC(=O)OCc1ccccc1)C(=O)c1nc2ccccc2o1. The van der Waals surface area contributed by atoms with E-state index in [2.05, 4.69) is 27.8 Å². The first-order valence-corrected chi connectivity index (χ1v) is 21.5. The predicted molar refractivity (Wildman–Crippen MR) is 232 cm³/mol. The predicted octanol–water partition coefficient (Wildman–Crippen LogP) is 6.54. The van der Waals surface area contributed by atoms with Crippen LogP contribution in [-0.2, 0) is 32.1 Å². The monoisotopic (exact) mass is 842 g/mol. The van der Waals surface area contributed by atoms with E-state index in [1.165, 1.54) is 10.5 Å². The quantitative estimate of drug-likeness (QED) is 0.0686. The number of para-hydroxylation sites is 2. The minimum Gasteiger partial charge on any atom is -0.445 e. The van der Waals surface area contributed by atoms with E-state index < -0.39 is 54.0 Å². The van der Waals surface area contributed by atoms with Gasteiger partial charge in [-0.1, -0.05) is 103 Å². The highest BCUT2D eigenvalue weighted by Gasteiger charge is 2.45. The number of hydrogen-bond acceptors (Lipinski definition) is 10. The summed E-state index contributed by atoms with van der Waals surface area (Å²) < 4.78 is 17.4. The van der Waals surface area contributed by atoms with Gasteiger partial charge in [-0.05, 0) is 86.2 Å². The van der Waals surface area contributed by atoms with Crippen LogP contribution < -0.4 is 16.4 Å². The lowest BCUT2D eigenvalue weighted by Gasteiger charge is -2.32. The van der Waals surface area contributed by atoms with Crippen molar-refractivity contribution in [2.24, 2.45) is 5.73 Å². The number of ether oxygens (including phenoxy) is 2. The number of rotatable bonds is 17. The van der Waals surface area contributed by atoms with Gasteiger partial charge in [0.05, 0.1) is 12.6 Å². The topological polar surface area (TPSA) is 186 Å². The summed E-state index contributed by atoms with van der Waals surface area (Å²) in [5.41, 5.74) is 9.67. The Morgan fingerprint density at radius 2 is 1.44 bits per heavy atom. The molecule has 0 bridgehead atoms. The van der Waals surface area contributed by atoms with E-state index in [4.69, 9.17) is 19.6 Å². The Balaban J connectivity index is 1.10. The Morgan fingerprint density at radius 1 is 0.774 bits per heavy atom. The molecular formula is C48H54N6O8. The number of oxazole rings is 1. The van der Waals surface area contributed by atoms with Gasteiger partial charge in [-0.25, -0.2) is 14.6 Å². The Labute approximate surface area is 361 Å². The number of nitrogens with one attached hydrogen (secondary N) is 2. The average Bonchev–Trinajstić information content (AvgIpc) is 3.95. The molecule has 2 fully saturated rings. The molecule has 14 nitrogen and oxygen atoms in total. The van der Waals surface area contributed by atoms with Crippen LogP contribution in [0.2, 0.25) is 0 Å². The number of nitrogens with zero attached hydrogens (tertiary/aromatic N) is 3. The molecule has 5 aromatic rings. The lowest BCUT2D eigenvalue weighted by molar-refractivity contribution is -0.140. The minimum atomic E-state index is -1.15. The molecule has 0 aliphatic carbocycles. The number of carbonyl (C=O) groups is 5. The van der Waals surface area contributed by atoms with Crippen molar-refractivity contribution in [3.8, 4) is 0 Å². The van der Waals surface area contributed by atoms with Crippen molar-refractivity contribution in [1.82, 2.24) is 25.4 Å². The molecule has 4 aromatic carbocycles. The molecule has 4 N–H and O–H groups in total. The van der Waals surface area contributed by atoms with E-state index in [9.17, 15) is 24.0 Å². The third-order valence-electron chi connectivity index (χ3n) is 11.6. The van der Waals surface area contributed by atoms with Crippen molar-refractivity contribution in [3.63, 3.8) is 0 Å². The third-order valence-corrected chi connectivity index (χ3v) is 11.6. The van der Waals surface area contributed by atoms with E-state index in [0.717, 1.165) is 24.0 Å². The molecule has 0 radical (unpaired) electrons. The van der Waals surface area contributed by atoms with Crippen LogP contribution in [0.5, 0.6) is 0 Å². The van der Waals surface area contributed by atoms with Gasteiger partial charge in [-0.2, -0.15) is 0 Å². The van der Waals surface area contributed by atoms with Crippen LogP contribution >= 0.6 is 0 Å². The summed E-state index contributed by atoms with van der Waals surface area (Å²) in [6, 6.07) is 32.6. The molecule has 324 valence electrons. The van der Waals surface area contributed by atoms with E-state index in [-0.39, 0.29) is 38.3 Å². The summed E-state index contributed by atoms with van der Waals surface area (Å²) in [7, 11) is 0. The van der Waals surface area contributed by atoms with Gasteiger partial charge in [-0.15, -0.1) is 0 Å². The average molecular weight is 843 g/mol. The molecule has 0 unspecified atom stereocenters. The summed E-state index contributed by atoms with van der Waals surface area (Å²) in [6.45, 7) is 1.27. The second-order valence-corrected chi connectivity index (χ2v) is 15.9. The zero-order valence-corrected chi connectivity index (χ0v) is 34.7. The van der Waals surface area contributed by atoms with Crippen LogP contribution in [0.15, 0.2) is 120 Å². The number of benzene rings is 4. The number of amides is 4. The molecule has 7 rings (SSSR count). The fraction of sp³-hybridized carbons (Fsp3) is 0.375. The Kier molecular flexibility index (Phi) is 15.0. The van der Waals surface area contributed by atoms with Crippen LogP contribution in [0.4, 0.5) is 9.59 Å². The molecule has 62 heavy (non-hydrogen) atoms. The number of fused-ring (bicyclic) bond motifs is 1. The molecule has 2 aliphatic rings. The molecular weight excluding hydrogens is 789 g/mol. The minimum absolute atomic E-state index is 0.0126. The number of nitrogens with two attached hydrogens (primary N) is 1. The lowest BCUT2D eigenvalue weighted by Crippen LogP contribution is -2.55. The lowest BCUT2D eigenvalue weighted by atomic mass is 9.90. The summed E-state index contributed by atoms with van der Waals surface area (Å²) in [4.78, 5) is 77.6. The number of ketones is 1. The largest absolute Gasteiger partial charge is 0.445 e. The van der Waals surface area contributed by atoms with Gasteiger partial charge >= 0.3 is 12.2 Å². The molecule has 3 heterocycles. The smallest absolute Gasteiger partial charge is 0.410 e. The summed E-state index contributed by atoms with van der Waals surface area (Å²) in [6.07, 6.45) is 1.34. The normalized spacial score (nSPS) is 17.6. The number of carbonyl (C=O) groups excluding carboxylic acids is 5. The van der Waals surface area contributed by atoms with Crippen molar-refractivity contribution in [1.29, 1.82) is 0 Å². The van der Waals surface area contributed by atoms with Crippen LogP contribution in [0.1, 0.15) is 78.2 Å². The molecule has 4 atom stereocenters. The Bertz CT molecular complexity index is 2230. The maximum atomic E-state index is 14.8. The van der Waals surface area contributed by atoms with Gasteiger partial charge in [0.15, 0.2) is 5.58 Å². The number of unbranched alkanes of at least 4 members (excludes halogenated alkanes) is 1. The highest BCUT2D eigenvalue weighted by molar-refractivity contribution is 6.01. The fourth-order valence-corrected chi connectivity index (χ4v) is 8.19. The van der Waals surface area contributed by atoms with Crippen molar-refractivity contribution < 1.29 is 37.9 Å². The fourth-order valence-electron chi connectivity index (χ4n) is 8.19. The zero-order chi connectivity index (χ0) is 43.3. The maximum Gasteiger partial charge on any atom is 0.410 e. The molecule has 14 heteroatoms. The van der Waals surface area contributed by atoms with Crippen LogP contribution in [0, 0.1) is 0 Å². The summed E-state index contributed by atoms with van der Waals surface area (Å²) in [5, 5.41) is 5.65. The van der Waals surface area contributed by atoms with Crippen LogP contribution in [0.25, 0.3) is 11.1 Å². The van der Waals surface area contributed by atoms with E-state index >= 15 is 0 Å². The number of likely N-dealkylation sites (tertiary alicyclic amines) is 2. The standard InChI is InChI=1S/C48H54N6O8/c49-27-13-12-21-39(43(55)45-51-38-20-10-11-22-42(38)62-45)50-44(56)41-30-37(61-48(59)53-28-25-36(26-29-53)35-18-8-3-9-19-35)31-54(41)46(57)40(24-23-33-14-4-1-5-15-33)52-47(58)60-32-34-16-6-2-7-17-34/h1-11,14-20,22,36-37,39-41H,12-13,21,23-32,49H2,(H,50,56)(H,52,58)/t37-,39+,40-,41+/m1/s1. The Hall–Kier alpha value is -6.54.